The quantitative estimate of drug-likeness (QED) is 0.170. The number of sulfonamides is 1. The maximum atomic E-state index is 13.8. The first-order chi connectivity index (χ1) is 23.6. The molecule has 49 heavy (non-hydrogen) atoms. The van der Waals surface area contributed by atoms with E-state index in [1.807, 2.05) is 67.6 Å². The predicted molar refractivity (Wildman–Crippen MR) is 186 cm³/mol. The molecule has 0 saturated carbocycles. The highest BCUT2D eigenvalue weighted by Gasteiger charge is 2.35. The lowest BCUT2D eigenvalue weighted by Gasteiger charge is -2.38. The molecular weight excluding hydrogens is 642 g/mol. The number of amides is 1. The highest BCUT2D eigenvalue weighted by atomic mass is 32.2. The molecule has 5 atom stereocenters. The monoisotopic (exact) mass is 685 g/mol. The standard InChI is InChI=1S/C38H43N3O7S/c1-26-10-16-34(17-11-26)49(45,46)40-35(20-27-6-3-2-4-7-27)37(44)39-31-9-5-8-30(21-31)38-47-33(24-41-19-18-32(43)23-41)22-36(48-38)29-14-12-28(25-42)13-15-29/h2-17,21,32-33,35-36,38,40,42-43H,18-20,22-25H2,1H3,(H,39,44)/t32-,33+,35-,36-,38?/m1/s1. The zero-order valence-electron chi connectivity index (χ0n) is 27.4. The van der Waals surface area contributed by atoms with E-state index in [1.165, 1.54) is 12.1 Å². The number of nitrogens with zero attached hydrogens (tertiary/aromatic N) is 1. The van der Waals surface area contributed by atoms with Gasteiger partial charge >= 0.3 is 0 Å². The minimum atomic E-state index is -4.00. The van der Waals surface area contributed by atoms with E-state index in [2.05, 4.69) is 14.9 Å². The molecule has 2 saturated heterocycles. The van der Waals surface area contributed by atoms with Gasteiger partial charge in [0.15, 0.2) is 6.29 Å². The van der Waals surface area contributed by atoms with Gasteiger partial charge in [-0.25, -0.2) is 8.42 Å². The molecule has 0 bridgehead atoms. The third-order valence-electron chi connectivity index (χ3n) is 8.98. The van der Waals surface area contributed by atoms with E-state index in [0.717, 1.165) is 35.2 Å². The molecule has 4 aromatic rings. The zero-order valence-corrected chi connectivity index (χ0v) is 28.3. The molecule has 0 spiro atoms. The molecule has 0 aliphatic carbocycles. The predicted octanol–water partition coefficient (Wildman–Crippen LogP) is 4.63. The van der Waals surface area contributed by atoms with Crippen LogP contribution in [0.1, 0.15) is 53.1 Å². The lowest BCUT2D eigenvalue weighted by molar-refractivity contribution is -0.252. The van der Waals surface area contributed by atoms with Gasteiger partial charge in [0.05, 0.1) is 29.8 Å². The molecule has 2 fully saturated rings. The van der Waals surface area contributed by atoms with Crippen molar-refractivity contribution in [1.29, 1.82) is 0 Å². The number of benzene rings is 4. The Labute approximate surface area is 287 Å². The van der Waals surface area contributed by atoms with Crippen LogP contribution in [0.4, 0.5) is 5.69 Å². The van der Waals surface area contributed by atoms with Crippen molar-refractivity contribution in [2.24, 2.45) is 0 Å². The van der Waals surface area contributed by atoms with Crippen molar-refractivity contribution >= 4 is 21.6 Å². The fraction of sp³-hybridized carbons (Fsp3) is 0.342. The maximum absolute atomic E-state index is 13.8. The van der Waals surface area contributed by atoms with Gasteiger partial charge in [-0.15, -0.1) is 0 Å². The number of rotatable bonds is 12. The highest BCUT2D eigenvalue weighted by molar-refractivity contribution is 7.89. The SMILES string of the molecule is Cc1ccc(S(=O)(=O)N[C@H](Cc2ccccc2)C(=O)Nc2cccc(C3O[C@H](CN4CC[C@@H](O)C4)C[C@H](c4ccc(CO)cc4)O3)c2)cc1. The van der Waals surface area contributed by atoms with E-state index in [4.69, 9.17) is 9.47 Å². The van der Waals surface area contributed by atoms with E-state index in [9.17, 15) is 23.4 Å². The van der Waals surface area contributed by atoms with Crippen LogP contribution in [0.2, 0.25) is 0 Å². The summed E-state index contributed by atoms with van der Waals surface area (Å²) in [4.78, 5) is 16.1. The number of aliphatic hydroxyl groups is 2. The molecule has 0 radical (unpaired) electrons. The van der Waals surface area contributed by atoms with Crippen LogP contribution < -0.4 is 10.0 Å². The fourth-order valence-corrected chi connectivity index (χ4v) is 7.50. The lowest BCUT2D eigenvalue weighted by atomic mass is 9.99. The smallest absolute Gasteiger partial charge is 0.242 e. The summed E-state index contributed by atoms with van der Waals surface area (Å²) >= 11 is 0. The number of likely N-dealkylation sites (tertiary alicyclic amines) is 1. The van der Waals surface area contributed by atoms with Gasteiger partial charge in [-0.2, -0.15) is 4.72 Å². The first-order valence-electron chi connectivity index (χ1n) is 16.6. The van der Waals surface area contributed by atoms with Gasteiger partial charge in [-0.3, -0.25) is 9.69 Å². The summed E-state index contributed by atoms with van der Waals surface area (Å²) in [6, 6.07) is 29.5. The Morgan fingerprint density at radius 1 is 0.918 bits per heavy atom. The van der Waals surface area contributed by atoms with Crippen molar-refractivity contribution in [2.75, 3.05) is 25.0 Å². The van der Waals surface area contributed by atoms with Crippen molar-refractivity contribution < 1.29 is 32.9 Å². The van der Waals surface area contributed by atoms with Gasteiger partial charge in [-0.1, -0.05) is 84.4 Å². The number of hydrogen-bond acceptors (Lipinski definition) is 8. The van der Waals surface area contributed by atoms with Crippen LogP contribution in [0.15, 0.2) is 108 Å². The van der Waals surface area contributed by atoms with Crippen LogP contribution in [0, 0.1) is 6.92 Å². The lowest BCUT2D eigenvalue weighted by Crippen LogP contribution is -2.45. The van der Waals surface area contributed by atoms with Gasteiger partial charge in [0, 0.05) is 37.3 Å². The molecule has 11 heteroatoms. The van der Waals surface area contributed by atoms with Crippen molar-refractivity contribution in [2.45, 2.75) is 68.3 Å². The first-order valence-corrected chi connectivity index (χ1v) is 18.1. The fourth-order valence-electron chi connectivity index (χ4n) is 6.30. The molecule has 4 aromatic carbocycles. The first kappa shape index (κ1) is 34.9. The molecule has 1 unspecified atom stereocenters. The third kappa shape index (κ3) is 9.20. The van der Waals surface area contributed by atoms with Crippen molar-refractivity contribution in [1.82, 2.24) is 9.62 Å². The highest BCUT2D eigenvalue weighted by Crippen LogP contribution is 2.39. The second kappa shape index (κ2) is 15.7. The Kier molecular flexibility index (Phi) is 11.2. The number of hydrogen-bond donors (Lipinski definition) is 4. The summed E-state index contributed by atoms with van der Waals surface area (Å²) in [7, 11) is -4.00. The van der Waals surface area contributed by atoms with E-state index in [-0.39, 0.29) is 36.2 Å². The normalized spacial score (nSPS) is 22.1. The Morgan fingerprint density at radius 3 is 2.37 bits per heavy atom. The molecule has 0 aromatic heterocycles. The Morgan fingerprint density at radius 2 is 1.67 bits per heavy atom. The number of nitrogens with one attached hydrogen (secondary N) is 2. The molecule has 4 N–H and O–H groups in total. The summed E-state index contributed by atoms with van der Waals surface area (Å²) in [6.45, 7) is 3.86. The van der Waals surface area contributed by atoms with Crippen molar-refractivity contribution in [3.8, 4) is 0 Å². The average Bonchev–Trinajstić information content (AvgIpc) is 3.52. The summed E-state index contributed by atoms with van der Waals surface area (Å²) < 4.78 is 42.3. The molecule has 258 valence electrons. The molecule has 10 nitrogen and oxygen atoms in total. The minimum Gasteiger partial charge on any atom is -0.392 e. The van der Waals surface area contributed by atoms with Crippen LogP contribution in [0.25, 0.3) is 0 Å². The Bertz CT molecular complexity index is 1800. The van der Waals surface area contributed by atoms with Gasteiger partial charge in [-0.05, 0) is 60.7 Å². The number of aryl methyl sites for hydroxylation is 1. The maximum Gasteiger partial charge on any atom is 0.242 e. The number of anilines is 1. The van der Waals surface area contributed by atoms with E-state index < -0.39 is 28.3 Å². The van der Waals surface area contributed by atoms with Gasteiger partial charge in [0.2, 0.25) is 15.9 Å². The molecule has 1 amide bonds. The van der Waals surface area contributed by atoms with Crippen LogP contribution in [0.5, 0.6) is 0 Å². The van der Waals surface area contributed by atoms with Crippen molar-refractivity contribution in [3.05, 3.63) is 131 Å². The largest absolute Gasteiger partial charge is 0.392 e. The van der Waals surface area contributed by atoms with Gasteiger partial charge in [0.1, 0.15) is 6.04 Å². The molecule has 2 aliphatic heterocycles. The number of aliphatic hydroxyl groups excluding tert-OH is 2. The Hall–Kier alpha value is -3.94. The zero-order chi connectivity index (χ0) is 34.4. The molecule has 6 rings (SSSR count). The molecule has 2 aliphatic rings. The third-order valence-corrected chi connectivity index (χ3v) is 10.5. The topological polar surface area (TPSA) is 137 Å². The van der Waals surface area contributed by atoms with E-state index >= 15 is 0 Å². The van der Waals surface area contributed by atoms with E-state index in [0.29, 0.717) is 30.8 Å². The minimum absolute atomic E-state index is 0.0461. The summed E-state index contributed by atoms with van der Waals surface area (Å²) in [5, 5.41) is 22.5. The number of carbonyl (C=O) groups excluding carboxylic acids is 1. The molecular formula is C38H43N3O7S. The van der Waals surface area contributed by atoms with Crippen LogP contribution in [0.3, 0.4) is 0 Å². The average molecular weight is 686 g/mol. The molecule has 2 heterocycles. The van der Waals surface area contributed by atoms with Crippen LogP contribution >= 0.6 is 0 Å². The van der Waals surface area contributed by atoms with Crippen LogP contribution in [-0.2, 0) is 37.3 Å². The number of β-amino-alcohol motifs (C(OH)–C–C–N with tert-alkyl or cyclic N) is 1. The van der Waals surface area contributed by atoms with Gasteiger partial charge in [0.25, 0.3) is 0 Å². The van der Waals surface area contributed by atoms with Crippen LogP contribution in [-0.4, -0.2) is 67.3 Å². The van der Waals surface area contributed by atoms with E-state index in [1.54, 1.807) is 30.3 Å². The summed E-state index contributed by atoms with van der Waals surface area (Å²) in [5.74, 6) is -0.505. The summed E-state index contributed by atoms with van der Waals surface area (Å²) in [6.07, 6.45) is -0.0658. The second-order valence-corrected chi connectivity index (χ2v) is 14.6. The second-order valence-electron chi connectivity index (χ2n) is 12.8. The summed E-state index contributed by atoms with van der Waals surface area (Å²) in [5.41, 5.74) is 4.67. The van der Waals surface area contributed by atoms with Gasteiger partial charge < -0.3 is 25.0 Å². The van der Waals surface area contributed by atoms with Crippen molar-refractivity contribution in [3.63, 3.8) is 0 Å². The number of ether oxygens (including phenoxy) is 2. The number of carbonyl (C=O) groups is 1. The Balaban J connectivity index is 1.22.